The van der Waals surface area contributed by atoms with E-state index in [1.807, 2.05) is 0 Å². The van der Waals surface area contributed by atoms with Crippen molar-refractivity contribution in [3.63, 3.8) is 0 Å². The van der Waals surface area contributed by atoms with Gasteiger partial charge in [0.15, 0.2) is 0 Å². The predicted molar refractivity (Wildman–Crippen MR) is 84.5 cm³/mol. The van der Waals surface area contributed by atoms with E-state index < -0.39 is 11.8 Å². The molecule has 1 fully saturated rings. The molecule has 2 rings (SSSR count). The third-order valence-electron chi connectivity index (χ3n) is 4.54. The Hall–Kier alpha value is -2.18. The van der Waals surface area contributed by atoms with Crippen LogP contribution in [0.5, 0.6) is 5.75 Å². The highest BCUT2D eigenvalue weighted by atomic mass is 19.3. The average molecular weight is 340 g/mol. The molecule has 1 aliphatic rings. The molecule has 0 bridgehead atoms. The number of amides is 2. The summed E-state index contributed by atoms with van der Waals surface area (Å²) >= 11 is 0. The van der Waals surface area contributed by atoms with Crippen LogP contribution in [-0.4, -0.2) is 25.5 Å². The molecule has 0 saturated heterocycles. The van der Waals surface area contributed by atoms with Crippen molar-refractivity contribution in [2.45, 2.75) is 31.6 Å². The Labute approximate surface area is 139 Å². The lowest BCUT2D eigenvalue weighted by atomic mass is 9.81. The minimum atomic E-state index is -3.60. The molecule has 0 atom stereocenters. The van der Waals surface area contributed by atoms with Crippen LogP contribution in [-0.2, 0) is 15.5 Å². The molecule has 0 spiro atoms. The summed E-state index contributed by atoms with van der Waals surface area (Å²) in [6.45, 7) is 0.177. The summed E-state index contributed by atoms with van der Waals surface area (Å²) < 4.78 is 33.3. The summed E-state index contributed by atoms with van der Waals surface area (Å²) in [6.07, 6.45) is 2.68. The van der Waals surface area contributed by atoms with Crippen LogP contribution in [0.4, 0.5) is 8.78 Å². The second-order valence-corrected chi connectivity index (χ2v) is 6.13. The molecule has 0 radical (unpaired) electrons. The maximum Gasteiger partial charge on any atom is 0.349 e. The molecule has 1 aromatic rings. The second-order valence-electron chi connectivity index (χ2n) is 6.13. The second kappa shape index (κ2) is 7.59. The van der Waals surface area contributed by atoms with Crippen LogP contribution in [0.3, 0.4) is 0 Å². The molecule has 1 saturated carbocycles. The number of hydrogen-bond acceptors (Lipinski definition) is 3. The van der Waals surface area contributed by atoms with Gasteiger partial charge >= 0.3 is 5.92 Å². The Morgan fingerprint density at radius 2 is 1.79 bits per heavy atom. The van der Waals surface area contributed by atoms with Gasteiger partial charge in [-0.2, -0.15) is 8.78 Å². The van der Waals surface area contributed by atoms with Gasteiger partial charge in [0.1, 0.15) is 5.75 Å². The Morgan fingerprint density at radius 1 is 1.21 bits per heavy atom. The molecule has 5 nitrogen and oxygen atoms in total. The number of alkyl halides is 2. The summed E-state index contributed by atoms with van der Waals surface area (Å²) in [7, 11) is 1.44. The van der Waals surface area contributed by atoms with E-state index in [9.17, 15) is 18.4 Å². The minimum absolute atomic E-state index is 0.0937. The summed E-state index contributed by atoms with van der Waals surface area (Å²) in [5.41, 5.74) is 4.88. The van der Waals surface area contributed by atoms with Crippen molar-refractivity contribution >= 4 is 11.8 Å². The van der Waals surface area contributed by atoms with Crippen LogP contribution in [0.2, 0.25) is 0 Å². The van der Waals surface area contributed by atoms with Gasteiger partial charge in [-0.3, -0.25) is 9.59 Å². The first kappa shape index (κ1) is 18.2. The largest absolute Gasteiger partial charge is 0.497 e. The van der Waals surface area contributed by atoms with Crippen molar-refractivity contribution < 1.29 is 23.1 Å². The van der Waals surface area contributed by atoms with Crippen LogP contribution >= 0.6 is 0 Å². The lowest BCUT2D eigenvalue weighted by Gasteiger charge is -2.27. The van der Waals surface area contributed by atoms with Gasteiger partial charge in [0.05, 0.1) is 7.11 Å². The van der Waals surface area contributed by atoms with E-state index in [0.29, 0.717) is 31.4 Å². The quantitative estimate of drug-likeness (QED) is 0.833. The van der Waals surface area contributed by atoms with Crippen molar-refractivity contribution in [2.24, 2.45) is 17.6 Å². The molecular weight excluding hydrogens is 318 g/mol. The zero-order chi connectivity index (χ0) is 17.7. The lowest BCUT2D eigenvalue weighted by Crippen LogP contribution is -2.41. The van der Waals surface area contributed by atoms with Crippen molar-refractivity contribution in [3.8, 4) is 5.75 Å². The first-order chi connectivity index (χ1) is 11.3. The normalized spacial score (nSPS) is 21.1. The van der Waals surface area contributed by atoms with E-state index in [4.69, 9.17) is 10.5 Å². The molecule has 1 aromatic carbocycles. The van der Waals surface area contributed by atoms with E-state index in [2.05, 4.69) is 5.32 Å². The lowest BCUT2D eigenvalue weighted by molar-refractivity contribution is -0.147. The van der Waals surface area contributed by atoms with Gasteiger partial charge in [-0.1, -0.05) is 0 Å². The number of nitrogens with one attached hydrogen (secondary N) is 1. The number of primary amides is 1. The topological polar surface area (TPSA) is 81.4 Å². The van der Waals surface area contributed by atoms with E-state index in [-0.39, 0.29) is 29.9 Å². The van der Waals surface area contributed by atoms with Crippen molar-refractivity contribution in [1.29, 1.82) is 0 Å². The zero-order valence-corrected chi connectivity index (χ0v) is 13.6. The van der Waals surface area contributed by atoms with E-state index in [0.717, 1.165) is 0 Å². The van der Waals surface area contributed by atoms with Crippen molar-refractivity contribution in [2.75, 3.05) is 13.7 Å². The van der Waals surface area contributed by atoms with Gasteiger partial charge in [-0.25, -0.2) is 0 Å². The monoisotopic (exact) mass is 340 g/mol. The Kier molecular flexibility index (Phi) is 5.75. The number of benzene rings is 1. The number of rotatable bonds is 6. The molecule has 0 aliphatic heterocycles. The molecule has 24 heavy (non-hydrogen) atoms. The summed E-state index contributed by atoms with van der Waals surface area (Å²) in [4.78, 5) is 23.0. The number of hydrogen-bond donors (Lipinski definition) is 2. The fraction of sp³-hybridized carbons (Fsp3) is 0.529. The first-order valence-corrected chi connectivity index (χ1v) is 7.94. The number of halogens is 2. The highest BCUT2D eigenvalue weighted by Gasteiger charge is 2.41. The molecular formula is C17H22F2N2O3. The molecule has 0 unspecified atom stereocenters. The number of carbonyl (C=O) groups excluding carboxylic acids is 2. The number of methoxy groups -OCH3 is 1. The molecule has 0 aromatic heterocycles. The van der Waals surface area contributed by atoms with Gasteiger partial charge in [0.2, 0.25) is 5.91 Å². The third-order valence-corrected chi connectivity index (χ3v) is 4.54. The Balaban J connectivity index is 1.88. The standard InChI is InChI=1S/C17H22F2N2O3/c1-24-14-8-6-13(7-9-14)17(18,19)16(23)21-10-11-2-4-12(5-3-11)15(20)22/h6-9,11-12H,2-5,10H2,1H3,(H2,20,22)(H,21,23). The summed E-state index contributed by atoms with van der Waals surface area (Å²) in [6, 6.07) is 5.14. The Bertz CT molecular complexity index is 582. The van der Waals surface area contributed by atoms with Gasteiger partial charge in [0.25, 0.3) is 5.91 Å². The Morgan fingerprint density at radius 3 is 2.29 bits per heavy atom. The first-order valence-electron chi connectivity index (χ1n) is 7.94. The fourth-order valence-electron chi connectivity index (χ4n) is 2.93. The van der Waals surface area contributed by atoms with E-state index in [1.165, 1.54) is 31.4 Å². The van der Waals surface area contributed by atoms with E-state index >= 15 is 0 Å². The predicted octanol–water partition coefficient (Wildman–Crippen LogP) is 2.19. The maximum atomic E-state index is 14.2. The van der Waals surface area contributed by atoms with E-state index in [1.54, 1.807) is 0 Å². The van der Waals surface area contributed by atoms with Crippen LogP contribution in [0.15, 0.2) is 24.3 Å². The number of nitrogens with two attached hydrogens (primary N) is 1. The maximum absolute atomic E-state index is 14.2. The molecule has 132 valence electrons. The zero-order valence-electron chi connectivity index (χ0n) is 13.6. The molecule has 0 heterocycles. The number of ether oxygens (including phenoxy) is 1. The molecule has 1 aliphatic carbocycles. The SMILES string of the molecule is COc1ccc(C(F)(F)C(=O)NCC2CCC(C(N)=O)CC2)cc1. The molecule has 2 amide bonds. The smallest absolute Gasteiger partial charge is 0.349 e. The summed E-state index contributed by atoms with van der Waals surface area (Å²) in [5, 5.41) is 2.33. The van der Waals surface area contributed by atoms with Gasteiger partial charge in [-0.05, 0) is 55.9 Å². The minimum Gasteiger partial charge on any atom is -0.497 e. The fourth-order valence-corrected chi connectivity index (χ4v) is 2.93. The summed E-state index contributed by atoms with van der Waals surface area (Å²) in [5.74, 6) is -4.83. The number of carbonyl (C=O) groups is 2. The van der Waals surface area contributed by atoms with Crippen LogP contribution in [0, 0.1) is 11.8 Å². The van der Waals surface area contributed by atoms with Crippen molar-refractivity contribution in [1.82, 2.24) is 5.32 Å². The van der Waals surface area contributed by atoms with Crippen LogP contribution in [0.1, 0.15) is 31.2 Å². The highest BCUT2D eigenvalue weighted by Crippen LogP contribution is 2.31. The molecule has 7 heteroatoms. The van der Waals surface area contributed by atoms with Crippen LogP contribution in [0.25, 0.3) is 0 Å². The highest BCUT2D eigenvalue weighted by molar-refractivity contribution is 5.84. The van der Waals surface area contributed by atoms with Gasteiger partial charge in [0, 0.05) is 18.0 Å². The third kappa shape index (κ3) is 4.21. The molecule has 3 N–H and O–H groups in total. The van der Waals surface area contributed by atoms with Gasteiger partial charge in [-0.15, -0.1) is 0 Å². The van der Waals surface area contributed by atoms with Crippen molar-refractivity contribution in [3.05, 3.63) is 29.8 Å². The average Bonchev–Trinajstić information content (AvgIpc) is 2.59. The van der Waals surface area contributed by atoms with Crippen LogP contribution < -0.4 is 15.8 Å². The van der Waals surface area contributed by atoms with Gasteiger partial charge < -0.3 is 15.8 Å².